The Balaban J connectivity index is 1.72. The number of carbonyl (C=O) groups excluding carboxylic acids is 1. The fourth-order valence-corrected chi connectivity index (χ4v) is 3.72. The summed E-state index contributed by atoms with van der Waals surface area (Å²) in [7, 11) is 0. The minimum atomic E-state index is -0.555. The largest absolute Gasteiger partial charge is 0.494 e. The van der Waals surface area contributed by atoms with Gasteiger partial charge in [-0.2, -0.15) is 0 Å². The number of aromatic nitrogens is 3. The van der Waals surface area contributed by atoms with Crippen LogP contribution in [0, 0.1) is 10.1 Å². The summed E-state index contributed by atoms with van der Waals surface area (Å²) in [6.45, 7) is 6.73. The Kier molecular flexibility index (Phi) is 7.85. The van der Waals surface area contributed by atoms with Crippen LogP contribution in [0.3, 0.4) is 0 Å². The molecule has 0 spiro atoms. The summed E-state index contributed by atoms with van der Waals surface area (Å²) in [5.41, 5.74) is 0.861. The van der Waals surface area contributed by atoms with E-state index in [9.17, 15) is 14.9 Å². The van der Waals surface area contributed by atoms with Crippen molar-refractivity contribution in [3.8, 4) is 17.1 Å². The lowest BCUT2D eigenvalue weighted by Gasteiger charge is -2.09. The Morgan fingerprint density at radius 1 is 1.31 bits per heavy atom. The van der Waals surface area contributed by atoms with Crippen LogP contribution >= 0.6 is 23.4 Å². The number of hydrogen-bond acceptors (Lipinski definition) is 7. The van der Waals surface area contributed by atoms with Gasteiger partial charge in [0.2, 0.25) is 5.91 Å². The highest BCUT2D eigenvalue weighted by atomic mass is 35.5. The minimum absolute atomic E-state index is 0.0115. The summed E-state index contributed by atoms with van der Waals surface area (Å²) in [4.78, 5) is 22.8. The first kappa shape index (κ1) is 23.3. The highest BCUT2D eigenvalue weighted by Crippen LogP contribution is 2.28. The number of benzene rings is 2. The van der Waals surface area contributed by atoms with E-state index in [0.29, 0.717) is 24.1 Å². The van der Waals surface area contributed by atoms with E-state index < -0.39 is 4.92 Å². The van der Waals surface area contributed by atoms with Crippen molar-refractivity contribution in [1.82, 2.24) is 14.8 Å². The molecule has 0 saturated carbocycles. The van der Waals surface area contributed by atoms with Crippen LogP contribution in [-0.4, -0.2) is 38.0 Å². The Bertz CT molecular complexity index is 1130. The molecular weight excluding hydrogens is 454 g/mol. The van der Waals surface area contributed by atoms with Crippen molar-refractivity contribution in [1.29, 1.82) is 0 Å². The van der Waals surface area contributed by atoms with Crippen LogP contribution in [0.2, 0.25) is 5.02 Å². The number of nitro groups is 1. The molecule has 0 aliphatic carbocycles. The monoisotopic (exact) mass is 473 g/mol. The van der Waals surface area contributed by atoms with Crippen LogP contribution in [0.15, 0.2) is 60.3 Å². The second-order valence-electron chi connectivity index (χ2n) is 6.42. The summed E-state index contributed by atoms with van der Waals surface area (Å²) in [6, 6.07) is 11.3. The first-order chi connectivity index (χ1) is 15.4. The number of nitrogens with one attached hydrogen (secondary N) is 1. The number of halogens is 1. The van der Waals surface area contributed by atoms with Crippen LogP contribution in [0.4, 0.5) is 11.4 Å². The molecule has 0 radical (unpaired) electrons. The van der Waals surface area contributed by atoms with Crippen LogP contribution in [0.1, 0.15) is 6.92 Å². The van der Waals surface area contributed by atoms with E-state index >= 15 is 0 Å². The molecule has 0 atom stereocenters. The second-order valence-corrected chi connectivity index (χ2v) is 7.77. The van der Waals surface area contributed by atoms with Crippen molar-refractivity contribution in [2.24, 2.45) is 0 Å². The standard InChI is InChI=1S/C21H20ClN5O4S/c1-3-11-26-20(14-5-8-16(9-6-14)31-4-2)24-25-21(26)32-13-19(28)23-18-12-15(27(29)30)7-10-17(18)22/h3,5-10,12H,1,4,11,13H2,2H3,(H,23,28). The smallest absolute Gasteiger partial charge is 0.271 e. The number of nitrogens with zero attached hydrogens (tertiary/aromatic N) is 4. The van der Waals surface area contributed by atoms with Gasteiger partial charge < -0.3 is 10.1 Å². The van der Waals surface area contributed by atoms with Gasteiger partial charge in [-0.05, 0) is 37.3 Å². The lowest BCUT2D eigenvalue weighted by Crippen LogP contribution is -2.15. The maximum absolute atomic E-state index is 12.4. The van der Waals surface area contributed by atoms with Gasteiger partial charge in [-0.1, -0.05) is 29.4 Å². The lowest BCUT2D eigenvalue weighted by atomic mass is 10.2. The molecule has 3 aromatic rings. The molecule has 1 N–H and O–H groups in total. The third-order valence-electron chi connectivity index (χ3n) is 4.22. The predicted octanol–water partition coefficient (Wildman–Crippen LogP) is 4.82. The molecule has 1 heterocycles. The van der Waals surface area contributed by atoms with Crippen LogP contribution in [0.25, 0.3) is 11.4 Å². The van der Waals surface area contributed by atoms with Crippen LogP contribution in [0.5, 0.6) is 5.75 Å². The first-order valence-corrected chi connectivity index (χ1v) is 10.9. The van der Waals surface area contributed by atoms with E-state index in [1.165, 1.54) is 30.0 Å². The fourth-order valence-electron chi connectivity index (χ4n) is 2.81. The second kappa shape index (κ2) is 10.8. The third-order valence-corrected chi connectivity index (χ3v) is 5.52. The van der Waals surface area contributed by atoms with E-state index in [1.807, 2.05) is 35.8 Å². The normalized spacial score (nSPS) is 10.6. The number of nitro benzene ring substituents is 1. The third kappa shape index (κ3) is 5.65. The SMILES string of the molecule is C=CCn1c(SCC(=O)Nc2cc([N+](=O)[O-])ccc2Cl)nnc1-c1ccc(OCC)cc1. The molecule has 0 unspecified atom stereocenters. The molecule has 0 aliphatic rings. The van der Waals surface area contributed by atoms with E-state index in [-0.39, 0.29) is 28.1 Å². The maximum atomic E-state index is 12.4. The van der Waals surface area contributed by atoms with Crippen molar-refractivity contribution in [3.63, 3.8) is 0 Å². The zero-order valence-electron chi connectivity index (χ0n) is 17.2. The summed E-state index contributed by atoms with van der Waals surface area (Å²) in [5.74, 6) is 1.03. The number of hydrogen-bond donors (Lipinski definition) is 1. The predicted molar refractivity (Wildman–Crippen MR) is 124 cm³/mol. The lowest BCUT2D eigenvalue weighted by molar-refractivity contribution is -0.384. The number of non-ortho nitro benzene ring substituents is 1. The quantitative estimate of drug-likeness (QED) is 0.194. The Labute approximate surface area is 193 Å². The number of allylic oxidation sites excluding steroid dienone is 1. The van der Waals surface area contributed by atoms with Crippen molar-refractivity contribution < 1.29 is 14.5 Å². The molecule has 2 aromatic carbocycles. The molecule has 11 heteroatoms. The number of thioether (sulfide) groups is 1. The minimum Gasteiger partial charge on any atom is -0.494 e. The average Bonchev–Trinajstić information content (AvgIpc) is 3.17. The molecule has 9 nitrogen and oxygen atoms in total. The fraction of sp³-hybridized carbons (Fsp3) is 0.190. The van der Waals surface area contributed by atoms with Gasteiger partial charge in [-0.15, -0.1) is 16.8 Å². The Hall–Kier alpha value is -3.37. The van der Waals surface area contributed by atoms with Gasteiger partial charge >= 0.3 is 0 Å². The molecule has 0 aliphatic heterocycles. The number of carbonyl (C=O) groups is 1. The van der Waals surface area contributed by atoms with Gasteiger partial charge in [0, 0.05) is 24.2 Å². The van der Waals surface area contributed by atoms with Crippen molar-refractivity contribution >= 4 is 40.6 Å². The topological polar surface area (TPSA) is 112 Å². The molecule has 3 rings (SSSR count). The van der Waals surface area contributed by atoms with Gasteiger partial charge in [-0.25, -0.2) is 0 Å². The van der Waals surface area contributed by atoms with Crippen molar-refractivity contribution in [3.05, 3.63) is 70.3 Å². The van der Waals surface area contributed by atoms with E-state index in [0.717, 1.165) is 11.3 Å². The number of ether oxygens (including phenoxy) is 1. The van der Waals surface area contributed by atoms with Crippen molar-refractivity contribution in [2.75, 3.05) is 17.7 Å². The van der Waals surface area contributed by atoms with Gasteiger partial charge in [0.05, 0.1) is 28.0 Å². The van der Waals surface area contributed by atoms with Crippen molar-refractivity contribution in [2.45, 2.75) is 18.6 Å². The van der Waals surface area contributed by atoms with Gasteiger partial charge in [0.25, 0.3) is 5.69 Å². The summed E-state index contributed by atoms with van der Waals surface area (Å²) < 4.78 is 7.32. The molecule has 1 amide bonds. The highest BCUT2D eigenvalue weighted by Gasteiger charge is 2.17. The number of anilines is 1. The van der Waals surface area contributed by atoms with E-state index in [1.54, 1.807) is 6.08 Å². The Morgan fingerprint density at radius 3 is 2.72 bits per heavy atom. The molecule has 166 valence electrons. The molecule has 32 heavy (non-hydrogen) atoms. The van der Waals surface area contributed by atoms with Crippen LogP contribution < -0.4 is 10.1 Å². The zero-order chi connectivity index (χ0) is 23.1. The molecule has 0 bridgehead atoms. The summed E-state index contributed by atoms with van der Waals surface area (Å²) in [6.07, 6.45) is 1.72. The van der Waals surface area contributed by atoms with Gasteiger partial charge in [0.1, 0.15) is 5.75 Å². The zero-order valence-corrected chi connectivity index (χ0v) is 18.7. The van der Waals surface area contributed by atoms with E-state index in [4.69, 9.17) is 16.3 Å². The average molecular weight is 474 g/mol. The maximum Gasteiger partial charge on any atom is 0.271 e. The number of amides is 1. The van der Waals surface area contributed by atoms with Gasteiger partial charge in [-0.3, -0.25) is 19.5 Å². The van der Waals surface area contributed by atoms with Crippen LogP contribution in [-0.2, 0) is 11.3 Å². The molecule has 0 fully saturated rings. The molecule has 1 aromatic heterocycles. The number of rotatable bonds is 10. The molecular formula is C21H20ClN5O4S. The van der Waals surface area contributed by atoms with Gasteiger partial charge in [0.15, 0.2) is 11.0 Å². The molecule has 0 saturated heterocycles. The summed E-state index contributed by atoms with van der Waals surface area (Å²) >= 11 is 7.23. The Morgan fingerprint density at radius 2 is 2.06 bits per heavy atom. The summed E-state index contributed by atoms with van der Waals surface area (Å²) in [5, 5.41) is 22.8. The van der Waals surface area contributed by atoms with E-state index in [2.05, 4.69) is 22.1 Å². The highest BCUT2D eigenvalue weighted by molar-refractivity contribution is 7.99. The first-order valence-electron chi connectivity index (χ1n) is 9.56.